The third-order valence-electron chi connectivity index (χ3n) is 1.20. The van der Waals surface area contributed by atoms with E-state index in [4.69, 9.17) is 4.42 Å². The second kappa shape index (κ2) is 3.88. The molecule has 0 aliphatic heterocycles. The first-order chi connectivity index (χ1) is 4.36. The van der Waals surface area contributed by atoms with Crippen molar-refractivity contribution in [1.29, 1.82) is 0 Å². The van der Waals surface area contributed by atoms with E-state index in [1.54, 1.807) is 12.3 Å². The van der Waals surface area contributed by atoms with Crippen LogP contribution in [0.4, 0.5) is 0 Å². The molecule has 0 aromatic carbocycles. The Balaban J connectivity index is 0.000000810. The highest BCUT2D eigenvalue weighted by molar-refractivity contribution is 5.70. The van der Waals surface area contributed by atoms with Crippen molar-refractivity contribution in [3.8, 4) is 0 Å². The van der Waals surface area contributed by atoms with Crippen molar-refractivity contribution in [1.82, 2.24) is 0 Å². The quantitative estimate of drug-likeness (QED) is 0.590. The minimum Gasteiger partial charge on any atom is -0.461 e. The molecule has 2 heteroatoms. The van der Waals surface area contributed by atoms with E-state index in [0.29, 0.717) is 12.0 Å². The van der Waals surface area contributed by atoms with Gasteiger partial charge in [-0.05, 0) is 18.1 Å². The lowest BCUT2D eigenvalue weighted by atomic mass is 10.2. The Labute approximate surface area is 60.9 Å². The normalized spacial score (nSPS) is 8.50. The van der Waals surface area contributed by atoms with Gasteiger partial charge < -0.3 is 4.42 Å². The summed E-state index contributed by atoms with van der Waals surface area (Å²) < 4.78 is 4.84. The van der Waals surface area contributed by atoms with Gasteiger partial charge in [0.25, 0.3) is 0 Å². The first kappa shape index (κ1) is 8.95. The summed E-state index contributed by atoms with van der Waals surface area (Å²) in [7, 11) is 0. The van der Waals surface area contributed by atoms with Crippen molar-refractivity contribution in [2.75, 3.05) is 0 Å². The molecule has 0 atom stereocenters. The van der Waals surface area contributed by atoms with Crippen LogP contribution in [0.3, 0.4) is 0 Å². The molecule has 2 nitrogen and oxygen atoms in total. The molecule has 0 saturated carbocycles. The summed E-state index contributed by atoms with van der Waals surface area (Å²) in [6, 6.07) is 1.74. The van der Waals surface area contributed by atoms with E-state index in [1.807, 2.05) is 6.92 Å². The van der Waals surface area contributed by atoms with Crippen LogP contribution in [0.2, 0.25) is 0 Å². The van der Waals surface area contributed by atoms with E-state index in [2.05, 4.69) is 0 Å². The molecule has 0 aliphatic rings. The van der Waals surface area contributed by atoms with Crippen LogP contribution in [0.25, 0.3) is 0 Å². The lowest BCUT2D eigenvalue weighted by Crippen LogP contribution is -1.71. The van der Waals surface area contributed by atoms with E-state index in [1.165, 1.54) is 0 Å². The largest absolute Gasteiger partial charge is 0.461 e. The second-order valence-electron chi connectivity index (χ2n) is 1.83. The molecule has 0 bridgehead atoms. The molecule has 0 spiro atoms. The molecule has 1 aromatic rings. The zero-order chi connectivity index (χ0) is 6.69. The Bertz CT molecular complexity index is 201. The molecule has 1 rings (SSSR count). The maximum Gasteiger partial charge on any atom is 0.185 e. The predicted molar refractivity (Wildman–Crippen MR) is 40.2 cm³/mol. The number of aryl methyl sites for hydroxylation is 1. The van der Waals surface area contributed by atoms with Crippen LogP contribution in [0, 0.1) is 0 Å². The fourth-order valence-corrected chi connectivity index (χ4v) is 0.642. The topological polar surface area (TPSA) is 30.2 Å². The first-order valence-electron chi connectivity index (χ1n) is 2.89. The molecule has 0 N–H and O–H groups in total. The van der Waals surface area contributed by atoms with Crippen LogP contribution in [-0.4, -0.2) is 6.29 Å². The highest BCUT2D eigenvalue weighted by Crippen LogP contribution is 2.04. The van der Waals surface area contributed by atoms with Gasteiger partial charge in [-0.2, -0.15) is 0 Å². The summed E-state index contributed by atoms with van der Waals surface area (Å²) >= 11 is 0. The van der Waals surface area contributed by atoms with Crippen molar-refractivity contribution in [2.24, 2.45) is 0 Å². The smallest absolute Gasteiger partial charge is 0.185 e. The van der Waals surface area contributed by atoms with Crippen LogP contribution in [0.15, 0.2) is 16.7 Å². The minimum absolute atomic E-state index is 0. The number of aldehydes is 1. The molecule has 1 aromatic heterocycles. The first-order valence-corrected chi connectivity index (χ1v) is 2.89. The van der Waals surface area contributed by atoms with Gasteiger partial charge in [0, 0.05) is 0 Å². The molecule has 0 fully saturated rings. The Morgan fingerprint density at radius 2 is 2.40 bits per heavy atom. The van der Waals surface area contributed by atoms with Gasteiger partial charge in [-0.25, -0.2) is 0 Å². The van der Waals surface area contributed by atoms with E-state index >= 15 is 0 Å². The van der Waals surface area contributed by atoms with Gasteiger partial charge in [0.05, 0.1) is 6.26 Å². The summed E-state index contributed by atoms with van der Waals surface area (Å²) in [4.78, 5) is 10.0. The third-order valence-corrected chi connectivity index (χ3v) is 1.20. The zero-order valence-electron chi connectivity index (χ0n) is 5.26. The van der Waals surface area contributed by atoms with Gasteiger partial charge in [-0.1, -0.05) is 14.4 Å². The summed E-state index contributed by atoms with van der Waals surface area (Å²) in [5.74, 6) is 0.409. The molecule has 0 unspecified atom stereocenters. The molecular weight excluding hydrogens is 128 g/mol. The van der Waals surface area contributed by atoms with Crippen molar-refractivity contribution in [2.45, 2.75) is 20.8 Å². The van der Waals surface area contributed by atoms with Crippen LogP contribution in [-0.2, 0) is 6.42 Å². The molecule has 0 aliphatic carbocycles. The van der Waals surface area contributed by atoms with Crippen molar-refractivity contribution in [3.63, 3.8) is 0 Å². The van der Waals surface area contributed by atoms with Gasteiger partial charge in [-0.15, -0.1) is 0 Å². The molecule has 10 heavy (non-hydrogen) atoms. The van der Waals surface area contributed by atoms with Gasteiger partial charge in [0.15, 0.2) is 12.0 Å². The highest BCUT2D eigenvalue weighted by atomic mass is 16.3. The van der Waals surface area contributed by atoms with E-state index < -0.39 is 0 Å². The lowest BCUT2D eigenvalue weighted by molar-refractivity contribution is 0.110. The van der Waals surface area contributed by atoms with E-state index in [9.17, 15) is 4.79 Å². The molecule has 0 saturated heterocycles. The number of rotatable bonds is 2. The Morgan fingerprint density at radius 1 is 1.70 bits per heavy atom. The van der Waals surface area contributed by atoms with Crippen molar-refractivity contribution < 1.29 is 9.21 Å². The maximum absolute atomic E-state index is 10.0. The maximum atomic E-state index is 10.0. The van der Waals surface area contributed by atoms with Crippen LogP contribution < -0.4 is 0 Å². The van der Waals surface area contributed by atoms with Crippen LogP contribution in [0.5, 0.6) is 0 Å². The fraction of sp³-hybridized carbons (Fsp3) is 0.375. The Hall–Kier alpha value is -1.05. The predicted octanol–water partition coefficient (Wildman–Crippen LogP) is 2.29. The minimum atomic E-state index is 0. The number of furan rings is 1. The molecule has 1 heterocycles. The van der Waals surface area contributed by atoms with Crippen molar-refractivity contribution in [3.05, 3.63) is 23.7 Å². The number of hydrogen-bond donors (Lipinski definition) is 0. The second-order valence-corrected chi connectivity index (χ2v) is 1.83. The lowest BCUT2D eigenvalue weighted by Gasteiger charge is -1.77. The summed E-state index contributed by atoms with van der Waals surface area (Å²) in [5, 5.41) is 0. The SMILES string of the molecule is C.CCc1coc(C=O)c1. The molecular formula is C8H12O2. The van der Waals surface area contributed by atoms with Gasteiger partial charge >= 0.3 is 0 Å². The number of carbonyl (C=O) groups excluding carboxylic acids is 1. The van der Waals surface area contributed by atoms with Gasteiger partial charge in [0.1, 0.15) is 0 Å². The highest BCUT2D eigenvalue weighted by Gasteiger charge is 1.95. The summed E-state index contributed by atoms with van der Waals surface area (Å²) in [6.45, 7) is 2.01. The summed E-state index contributed by atoms with van der Waals surface area (Å²) in [5.41, 5.74) is 1.07. The number of hydrogen-bond acceptors (Lipinski definition) is 2. The van der Waals surface area contributed by atoms with E-state index in [0.717, 1.165) is 12.0 Å². The van der Waals surface area contributed by atoms with Crippen LogP contribution >= 0.6 is 0 Å². The summed E-state index contributed by atoms with van der Waals surface area (Å²) in [6.07, 6.45) is 3.22. The van der Waals surface area contributed by atoms with Crippen LogP contribution in [0.1, 0.15) is 30.5 Å². The molecule has 0 amide bonds. The van der Waals surface area contributed by atoms with Gasteiger partial charge in [-0.3, -0.25) is 4.79 Å². The average molecular weight is 140 g/mol. The van der Waals surface area contributed by atoms with Crippen molar-refractivity contribution >= 4 is 6.29 Å². The standard InChI is InChI=1S/C7H8O2.CH4/c1-2-6-3-7(4-8)9-5-6;/h3-5H,2H2,1H3;1H4. The van der Waals surface area contributed by atoms with Gasteiger partial charge in [0.2, 0.25) is 0 Å². The molecule has 56 valence electrons. The fourth-order valence-electron chi connectivity index (χ4n) is 0.642. The third kappa shape index (κ3) is 1.72. The zero-order valence-corrected chi connectivity index (χ0v) is 5.26. The van der Waals surface area contributed by atoms with E-state index in [-0.39, 0.29) is 7.43 Å². The Morgan fingerprint density at radius 3 is 2.70 bits per heavy atom. The average Bonchev–Trinajstić information content (AvgIpc) is 2.34. The monoisotopic (exact) mass is 140 g/mol. The molecule has 0 radical (unpaired) electrons. The number of carbonyl (C=O) groups is 1. The Kier molecular flexibility index (Phi) is 3.47.